The van der Waals surface area contributed by atoms with Crippen LogP contribution in [0.25, 0.3) is 78.1 Å². The fourth-order valence-electron chi connectivity index (χ4n) is 8.57. The summed E-state index contributed by atoms with van der Waals surface area (Å²) in [6.07, 6.45) is 6.34. The molecule has 2 aromatic heterocycles. The van der Waals surface area contributed by atoms with Gasteiger partial charge in [0.05, 0.1) is 11.4 Å². The van der Waals surface area contributed by atoms with Crippen molar-refractivity contribution in [3.8, 4) is 56.2 Å². The first-order chi connectivity index (χ1) is 24.2. The van der Waals surface area contributed by atoms with Crippen LogP contribution in [-0.2, 0) is 5.41 Å². The number of hydrogen-bond donors (Lipinski definition) is 0. The smallest absolute Gasteiger partial charge is 0.160 e. The largest absolute Gasteiger partial charge is 0.455 e. The molecule has 0 radical (unpaired) electrons. The van der Waals surface area contributed by atoms with Crippen molar-refractivity contribution in [1.29, 1.82) is 0 Å². The highest BCUT2D eigenvalue weighted by Gasteiger charge is 2.43. The van der Waals surface area contributed by atoms with Crippen molar-refractivity contribution in [2.75, 3.05) is 0 Å². The molecular formula is C46H34N2O. The van der Waals surface area contributed by atoms with E-state index in [2.05, 4.69) is 121 Å². The van der Waals surface area contributed by atoms with E-state index in [9.17, 15) is 0 Å². The number of aromatic nitrogens is 2. The zero-order valence-corrected chi connectivity index (χ0v) is 27.2. The first-order valence-corrected chi connectivity index (χ1v) is 17.5. The monoisotopic (exact) mass is 630 g/mol. The number of para-hydroxylation sites is 1. The van der Waals surface area contributed by atoms with E-state index < -0.39 is 0 Å². The highest BCUT2D eigenvalue weighted by Crippen LogP contribution is 2.56. The van der Waals surface area contributed by atoms with Crippen LogP contribution in [0.15, 0.2) is 150 Å². The van der Waals surface area contributed by atoms with Crippen LogP contribution >= 0.6 is 0 Å². The fourth-order valence-corrected chi connectivity index (χ4v) is 8.57. The SMILES string of the molecule is c1ccc(-c2cc(-c3ccc4oc5c(-c6ccc7c(c6)C6(CCCCC6)c6ccccc6-7)cccc5c4c3)nc(-c3ccccc3)n2)cc1. The van der Waals surface area contributed by atoms with Crippen molar-refractivity contribution in [3.05, 3.63) is 157 Å². The van der Waals surface area contributed by atoms with Crippen LogP contribution in [0, 0.1) is 0 Å². The molecule has 0 N–H and O–H groups in total. The normalized spacial score (nSPS) is 14.7. The molecule has 3 nitrogen and oxygen atoms in total. The lowest BCUT2D eigenvalue weighted by Crippen LogP contribution is -2.28. The third-order valence-corrected chi connectivity index (χ3v) is 10.9. The molecule has 3 heteroatoms. The Hall–Kier alpha value is -5.80. The van der Waals surface area contributed by atoms with Crippen molar-refractivity contribution in [1.82, 2.24) is 9.97 Å². The Morgan fingerprint density at radius 1 is 0.449 bits per heavy atom. The van der Waals surface area contributed by atoms with Gasteiger partial charge in [0.25, 0.3) is 0 Å². The molecule has 1 spiro atoms. The average Bonchev–Trinajstić information content (AvgIpc) is 3.68. The van der Waals surface area contributed by atoms with Gasteiger partial charge in [0.2, 0.25) is 0 Å². The number of hydrogen-bond acceptors (Lipinski definition) is 3. The van der Waals surface area contributed by atoms with Gasteiger partial charge in [0.1, 0.15) is 11.2 Å². The van der Waals surface area contributed by atoms with Crippen LogP contribution in [0.3, 0.4) is 0 Å². The predicted molar refractivity (Wildman–Crippen MR) is 200 cm³/mol. The topological polar surface area (TPSA) is 38.9 Å². The Morgan fingerprint density at radius 2 is 1.12 bits per heavy atom. The maximum absolute atomic E-state index is 6.70. The second-order valence-corrected chi connectivity index (χ2v) is 13.6. The second-order valence-electron chi connectivity index (χ2n) is 13.6. The number of furan rings is 1. The molecule has 8 aromatic rings. The first kappa shape index (κ1) is 28.2. The van der Waals surface area contributed by atoms with Crippen molar-refractivity contribution in [2.45, 2.75) is 37.5 Å². The summed E-state index contributed by atoms with van der Waals surface area (Å²) in [7, 11) is 0. The Labute approximate surface area is 285 Å². The maximum Gasteiger partial charge on any atom is 0.160 e. The number of rotatable bonds is 4. The van der Waals surface area contributed by atoms with Crippen molar-refractivity contribution < 1.29 is 4.42 Å². The molecule has 0 aliphatic heterocycles. The number of benzene rings is 6. The van der Waals surface area contributed by atoms with Crippen molar-refractivity contribution >= 4 is 21.9 Å². The summed E-state index contributed by atoms with van der Waals surface area (Å²) in [5.41, 5.74) is 15.0. The Morgan fingerprint density at radius 3 is 1.94 bits per heavy atom. The predicted octanol–water partition coefficient (Wildman–Crippen LogP) is 12.3. The lowest BCUT2D eigenvalue weighted by molar-refractivity contribution is 0.353. The van der Waals surface area contributed by atoms with Crippen molar-refractivity contribution in [2.24, 2.45) is 0 Å². The van der Waals surface area contributed by atoms with Crippen LogP contribution in [0.5, 0.6) is 0 Å². The minimum atomic E-state index is 0.117. The lowest BCUT2D eigenvalue weighted by Gasteiger charge is -2.36. The molecule has 0 amide bonds. The third kappa shape index (κ3) is 4.49. The summed E-state index contributed by atoms with van der Waals surface area (Å²) in [5, 5.41) is 2.21. The van der Waals surface area contributed by atoms with E-state index in [0.29, 0.717) is 5.82 Å². The molecule has 2 aliphatic rings. The van der Waals surface area contributed by atoms with E-state index in [1.807, 2.05) is 24.3 Å². The maximum atomic E-state index is 6.70. The van der Waals surface area contributed by atoms with Gasteiger partial charge < -0.3 is 4.42 Å². The van der Waals surface area contributed by atoms with E-state index in [4.69, 9.17) is 14.4 Å². The van der Waals surface area contributed by atoms with E-state index in [-0.39, 0.29) is 5.41 Å². The summed E-state index contributed by atoms with van der Waals surface area (Å²) >= 11 is 0. The van der Waals surface area contributed by atoms with Crippen molar-refractivity contribution in [3.63, 3.8) is 0 Å². The first-order valence-electron chi connectivity index (χ1n) is 17.5. The van der Waals surface area contributed by atoms with Gasteiger partial charge in [-0.25, -0.2) is 9.97 Å². The summed E-state index contributed by atoms with van der Waals surface area (Å²) in [5.74, 6) is 0.714. The molecule has 0 saturated heterocycles. The quantitative estimate of drug-likeness (QED) is 0.194. The molecule has 49 heavy (non-hydrogen) atoms. The lowest BCUT2D eigenvalue weighted by atomic mass is 9.67. The highest BCUT2D eigenvalue weighted by molar-refractivity contribution is 6.10. The van der Waals surface area contributed by atoms with Gasteiger partial charge in [-0.3, -0.25) is 0 Å². The average molecular weight is 631 g/mol. The van der Waals surface area contributed by atoms with Gasteiger partial charge in [0.15, 0.2) is 5.82 Å². The zero-order chi connectivity index (χ0) is 32.4. The van der Waals surface area contributed by atoms with E-state index >= 15 is 0 Å². The van der Waals surface area contributed by atoms with Gasteiger partial charge in [-0.05, 0) is 71.0 Å². The van der Waals surface area contributed by atoms with E-state index in [1.54, 1.807) is 0 Å². The standard InChI is InChI=1S/C46H34N2O/c1-4-13-30(14-5-1)41-29-42(48-45(47-41)31-15-6-2-7-16-31)33-22-24-43-38(27-33)37-19-12-18-34(44(37)49-43)32-21-23-36-35-17-8-9-20-39(35)46(40(36)28-32)25-10-3-11-26-46/h1-2,4-9,12-24,27-29H,3,10-11,25-26H2. The van der Waals surface area contributed by atoms with Gasteiger partial charge in [-0.2, -0.15) is 0 Å². The fraction of sp³-hybridized carbons (Fsp3) is 0.130. The molecule has 0 bridgehead atoms. The van der Waals surface area contributed by atoms with E-state index in [0.717, 1.165) is 55.6 Å². The van der Waals surface area contributed by atoms with Gasteiger partial charge in [-0.1, -0.05) is 135 Å². The molecular weight excluding hydrogens is 597 g/mol. The summed E-state index contributed by atoms with van der Waals surface area (Å²) in [6, 6.07) is 51.9. The Balaban J connectivity index is 1.11. The van der Waals surface area contributed by atoms with Crippen LogP contribution < -0.4 is 0 Å². The Kier molecular flexibility index (Phi) is 6.42. The summed E-state index contributed by atoms with van der Waals surface area (Å²) in [6.45, 7) is 0. The third-order valence-electron chi connectivity index (χ3n) is 10.9. The molecule has 10 rings (SSSR count). The molecule has 234 valence electrons. The minimum absolute atomic E-state index is 0.117. The highest BCUT2D eigenvalue weighted by atomic mass is 16.3. The van der Waals surface area contributed by atoms with Crippen LogP contribution in [-0.4, -0.2) is 9.97 Å². The summed E-state index contributed by atoms with van der Waals surface area (Å²) < 4.78 is 6.70. The molecule has 0 unspecified atom stereocenters. The van der Waals surface area contributed by atoms with Crippen LogP contribution in [0.1, 0.15) is 43.2 Å². The van der Waals surface area contributed by atoms with E-state index in [1.165, 1.54) is 59.9 Å². The van der Waals surface area contributed by atoms with Gasteiger partial charge in [-0.15, -0.1) is 0 Å². The van der Waals surface area contributed by atoms with Gasteiger partial charge in [0, 0.05) is 38.4 Å². The number of fused-ring (bicyclic) bond motifs is 8. The summed E-state index contributed by atoms with van der Waals surface area (Å²) in [4.78, 5) is 10.1. The molecule has 2 heterocycles. The molecule has 2 aliphatic carbocycles. The molecule has 6 aromatic carbocycles. The zero-order valence-electron chi connectivity index (χ0n) is 27.2. The second kappa shape index (κ2) is 11.1. The number of nitrogens with zero attached hydrogens (tertiary/aromatic N) is 2. The van der Waals surface area contributed by atoms with Crippen LogP contribution in [0.4, 0.5) is 0 Å². The minimum Gasteiger partial charge on any atom is -0.455 e. The van der Waals surface area contributed by atoms with Gasteiger partial charge >= 0.3 is 0 Å². The van der Waals surface area contributed by atoms with Crippen LogP contribution in [0.2, 0.25) is 0 Å². The Bertz CT molecular complexity index is 2470. The molecule has 1 saturated carbocycles. The molecule has 1 fully saturated rings. The molecule has 0 atom stereocenters.